The number of hydrogen-bond donors (Lipinski definition) is 0. The number of rotatable bonds is 2. The van der Waals surface area contributed by atoms with Gasteiger partial charge < -0.3 is 4.90 Å². The van der Waals surface area contributed by atoms with Gasteiger partial charge in [0.05, 0.1) is 0 Å². The Morgan fingerprint density at radius 3 is 2.67 bits per heavy atom. The average Bonchev–Trinajstić information content (AvgIpc) is 2.05. The van der Waals surface area contributed by atoms with Gasteiger partial charge in [-0.05, 0) is 26.7 Å². The van der Waals surface area contributed by atoms with Gasteiger partial charge >= 0.3 is 0 Å². The number of hydrogen-bond acceptors (Lipinski definition) is 1. The first-order valence-corrected chi connectivity index (χ1v) is 7.52. The van der Waals surface area contributed by atoms with Crippen molar-refractivity contribution in [1.29, 1.82) is 0 Å². The van der Waals surface area contributed by atoms with Crippen LogP contribution < -0.4 is 0 Å². The van der Waals surface area contributed by atoms with Crippen molar-refractivity contribution < 1.29 is 4.79 Å². The van der Waals surface area contributed by atoms with Crippen LogP contribution in [-0.2, 0) is 4.79 Å². The molecule has 0 atom stereocenters. The predicted octanol–water partition coefficient (Wildman–Crippen LogP) is 1.75. The molecule has 0 aromatic carbocycles. The Hall–Kier alpha value is 0.167. The number of piperidine rings is 1. The van der Waals surface area contributed by atoms with Crippen LogP contribution in [0.2, 0.25) is 0 Å². The van der Waals surface area contributed by atoms with Crippen LogP contribution >= 0.6 is 15.3 Å². The lowest BCUT2D eigenvalue weighted by atomic mass is 10.1. The van der Waals surface area contributed by atoms with Gasteiger partial charge in [0, 0.05) is 18.1 Å². The Labute approximate surface area is 84.1 Å². The lowest BCUT2D eigenvalue weighted by molar-refractivity contribution is -0.136. The fourth-order valence-electron chi connectivity index (χ4n) is 1.45. The summed E-state index contributed by atoms with van der Waals surface area (Å²) in [7, 11) is 0.619. The van der Waals surface area contributed by atoms with Gasteiger partial charge in [0.25, 0.3) is 0 Å². The Morgan fingerprint density at radius 2 is 2.17 bits per heavy atom. The van der Waals surface area contributed by atoms with Crippen LogP contribution in [-0.4, -0.2) is 30.7 Å². The van der Waals surface area contributed by atoms with E-state index in [0.29, 0.717) is 14.0 Å². The molecule has 4 heteroatoms. The van der Waals surface area contributed by atoms with Crippen LogP contribution in [0.25, 0.3) is 0 Å². The largest absolute Gasteiger partial charge is 0.340 e. The first-order chi connectivity index (χ1) is 5.58. The van der Waals surface area contributed by atoms with E-state index < -0.39 is 0 Å². The molecule has 68 valence electrons. The van der Waals surface area contributed by atoms with Crippen molar-refractivity contribution in [2.24, 2.45) is 0 Å². The van der Waals surface area contributed by atoms with Crippen LogP contribution in [0, 0.1) is 0 Å². The first kappa shape index (κ1) is 10.2. The molecule has 1 saturated heterocycles. The molecule has 2 nitrogen and oxygen atoms in total. The molecule has 0 aliphatic carbocycles. The molecule has 1 amide bonds. The molecule has 1 aliphatic heterocycles. The quantitative estimate of drug-likeness (QED) is 0.538. The Kier molecular flexibility index (Phi) is 3.35. The molecule has 1 rings (SSSR count). The lowest BCUT2D eigenvalue weighted by Gasteiger charge is -2.39. The minimum atomic E-state index is 0.0114. The minimum absolute atomic E-state index is 0.0114. The number of amides is 1. The highest BCUT2D eigenvalue weighted by molar-refractivity contribution is 9.23. The maximum Gasteiger partial charge on any atom is 0.222 e. The summed E-state index contributed by atoms with van der Waals surface area (Å²) >= 11 is 3.47. The first-order valence-electron chi connectivity index (χ1n) is 4.26. The molecule has 12 heavy (non-hydrogen) atoms. The molecule has 0 bridgehead atoms. The average molecular weight is 248 g/mol. The maximum atomic E-state index is 11.5. The zero-order chi connectivity index (χ0) is 9.19. The summed E-state index contributed by atoms with van der Waals surface area (Å²) in [4.78, 5) is 13.5. The van der Waals surface area contributed by atoms with Gasteiger partial charge in [-0.1, -0.05) is 0 Å². The standard InChI is InChI=1S/C8H14BrNOSi/c1-8(2,12-9)10-6-4-3-5-7(10)11/h3-6H2,1-2H3. The number of likely N-dealkylation sites (tertiary alicyclic amines) is 1. The van der Waals surface area contributed by atoms with E-state index in [9.17, 15) is 4.79 Å². The molecule has 0 unspecified atom stereocenters. The molecule has 0 aromatic heterocycles. The van der Waals surface area contributed by atoms with Crippen molar-refractivity contribution >= 4 is 29.3 Å². The normalized spacial score (nSPS) is 19.9. The fraction of sp³-hybridized carbons (Fsp3) is 0.875. The Bertz CT molecular complexity index is 184. The summed E-state index contributed by atoms with van der Waals surface area (Å²) in [5.74, 6) is 0.318. The fourth-order valence-corrected chi connectivity index (χ4v) is 2.43. The highest BCUT2D eigenvalue weighted by Gasteiger charge is 2.31. The molecule has 1 fully saturated rings. The van der Waals surface area contributed by atoms with Crippen molar-refractivity contribution in [3.8, 4) is 0 Å². The molecule has 0 N–H and O–H groups in total. The molecule has 0 aromatic rings. The second-order valence-electron chi connectivity index (χ2n) is 3.66. The van der Waals surface area contributed by atoms with Gasteiger partial charge in [-0.25, -0.2) is 0 Å². The molecule has 1 heterocycles. The van der Waals surface area contributed by atoms with Crippen molar-refractivity contribution in [1.82, 2.24) is 4.90 Å². The van der Waals surface area contributed by atoms with E-state index in [0.717, 1.165) is 25.8 Å². The van der Waals surface area contributed by atoms with Crippen molar-refractivity contribution in [2.45, 2.75) is 38.3 Å². The highest BCUT2D eigenvalue weighted by atomic mass is 79.9. The number of carbonyl (C=O) groups is 1. The highest BCUT2D eigenvalue weighted by Crippen LogP contribution is 2.21. The third kappa shape index (κ3) is 2.10. The topological polar surface area (TPSA) is 20.3 Å². The Balaban J connectivity index is 2.65. The van der Waals surface area contributed by atoms with E-state index in [1.54, 1.807) is 0 Å². The molecular formula is C8H14BrNOSi. The summed E-state index contributed by atoms with van der Waals surface area (Å²) in [6.45, 7) is 5.16. The minimum Gasteiger partial charge on any atom is -0.340 e. The van der Waals surface area contributed by atoms with Crippen LogP contribution in [0.15, 0.2) is 0 Å². The molecular weight excluding hydrogens is 234 g/mol. The van der Waals surface area contributed by atoms with Crippen LogP contribution in [0.5, 0.6) is 0 Å². The summed E-state index contributed by atoms with van der Waals surface area (Å²) < 4.78 is 0. The van der Waals surface area contributed by atoms with Gasteiger partial charge in [-0.2, -0.15) is 0 Å². The zero-order valence-corrected chi connectivity index (χ0v) is 10.1. The monoisotopic (exact) mass is 247 g/mol. The van der Waals surface area contributed by atoms with E-state index in [-0.39, 0.29) is 5.16 Å². The van der Waals surface area contributed by atoms with E-state index in [1.165, 1.54) is 0 Å². The predicted molar refractivity (Wildman–Crippen MR) is 54.3 cm³/mol. The summed E-state index contributed by atoms with van der Waals surface area (Å²) in [6, 6.07) is 0. The summed E-state index contributed by atoms with van der Waals surface area (Å²) in [6.07, 6.45) is 2.96. The molecule has 0 saturated carbocycles. The molecule has 2 radical (unpaired) electrons. The zero-order valence-electron chi connectivity index (χ0n) is 7.56. The van der Waals surface area contributed by atoms with Crippen LogP contribution in [0.3, 0.4) is 0 Å². The summed E-state index contributed by atoms with van der Waals surface area (Å²) in [5.41, 5.74) is 0. The van der Waals surface area contributed by atoms with Gasteiger partial charge in [-0.3, -0.25) is 4.79 Å². The van der Waals surface area contributed by atoms with Crippen LogP contribution in [0.1, 0.15) is 33.1 Å². The second-order valence-corrected chi connectivity index (χ2v) is 6.26. The lowest BCUT2D eigenvalue weighted by Crippen LogP contribution is -2.52. The van der Waals surface area contributed by atoms with E-state index in [2.05, 4.69) is 29.1 Å². The van der Waals surface area contributed by atoms with E-state index in [4.69, 9.17) is 0 Å². The van der Waals surface area contributed by atoms with Crippen molar-refractivity contribution in [3.63, 3.8) is 0 Å². The SMILES string of the molecule is CC(C)([Si]Br)N1CCCCC1=O. The summed E-state index contributed by atoms with van der Waals surface area (Å²) in [5, 5.41) is 0.0114. The second kappa shape index (κ2) is 3.92. The number of carbonyl (C=O) groups excluding carboxylic acids is 1. The third-order valence-electron chi connectivity index (χ3n) is 2.23. The molecule has 1 aliphatic rings. The number of halogens is 1. The van der Waals surface area contributed by atoms with Gasteiger partial charge in [0.15, 0.2) is 8.14 Å². The van der Waals surface area contributed by atoms with Crippen molar-refractivity contribution in [3.05, 3.63) is 0 Å². The van der Waals surface area contributed by atoms with Gasteiger partial charge in [-0.15, -0.1) is 15.3 Å². The Morgan fingerprint density at radius 1 is 1.50 bits per heavy atom. The third-order valence-corrected chi connectivity index (χ3v) is 5.87. The smallest absolute Gasteiger partial charge is 0.222 e. The van der Waals surface area contributed by atoms with E-state index >= 15 is 0 Å². The van der Waals surface area contributed by atoms with Gasteiger partial charge in [0.2, 0.25) is 5.91 Å². The van der Waals surface area contributed by atoms with Gasteiger partial charge in [0.1, 0.15) is 0 Å². The number of nitrogens with zero attached hydrogens (tertiary/aromatic N) is 1. The van der Waals surface area contributed by atoms with E-state index in [1.807, 2.05) is 4.90 Å². The van der Waals surface area contributed by atoms with Crippen LogP contribution in [0.4, 0.5) is 0 Å². The molecule has 0 spiro atoms. The van der Waals surface area contributed by atoms with Crippen molar-refractivity contribution in [2.75, 3.05) is 6.54 Å². The maximum absolute atomic E-state index is 11.5.